The molecule has 2 aromatic heterocycles. The van der Waals surface area contributed by atoms with Crippen molar-refractivity contribution in [2.24, 2.45) is 14.1 Å². The van der Waals surface area contributed by atoms with E-state index in [1.807, 2.05) is 53.1 Å². The summed E-state index contributed by atoms with van der Waals surface area (Å²) in [4.78, 5) is 36.9. The minimum atomic E-state index is -0.383. The third-order valence-electron chi connectivity index (χ3n) is 4.93. The number of benzene rings is 2. The summed E-state index contributed by atoms with van der Waals surface area (Å²) in [6, 6.07) is 16.9. The van der Waals surface area contributed by atoms with Gasteiger partial charge in [0.2, 0.25) is 5.91 Å². The molecule has 2 aromatic carbocycles. The fourth-order valence-electron chi connectivity index (χ4n) is 3.56. The highest BCUT2D eigenvalue weighted by atomic mass is 16.2. The molecule has 0 fully saturated rings. The highest BCUT2D eigenvalue weighted by molar-refractivity contribution is 5.95. The van der Waals surface area contributed by atoms with Crippen molar-refractivity contribution in [3.63, 3.8) is 0 Å². The van der Waals surface area contributed by atoms with Crippen LogP contribution in [0.4, 0.5) is 5.69 Å². The van der Waals surface area contributed by atoms with Crippen molar-refractivity contribution in [1.82, 2.24) is 13.7 Å². The van der Waals surface area contributed by atoms with Crippen molar-refractivity contribution < 1.29 is 4.79 Å². The smallest absolute Gasteiger partial charge is 0.326 e. The zero-order valence-electron chi connectivity index (χ0n) is 16.3. The maximum atomic E-state index is 13.0. The predicted molar refractivity (Wildman–Crippen MR) is 113 cm³/mol. The van der Waals surface area contributed by atoms with E-state index in [1.54, 1.807) is 19.3 Å². The molecule has 0 saturated carbocycles. The standard InChI is InChI=1S/C22H20N4O3/c1-14(27)23-16-10-7-11-17(12-16)26-13-18-19(20(26)15-8-5-4-6-9-15)21(28)25(3)22(29)24(18)2/h4-13H,1-3H3,(H,23,27). The SMILES string of the molecule is CC(=O)Nc1cccc(-n2cc3c(c2-c2ccccc2)c(=O)n(C)c(=O)n3C)c1. The summed E-state index contributed by atoms with van der Waals surface area (Å²) in [6.07, 6.45) is 1.79. The zero-order valence-corrected chi connectivity index (χ0v) is 16.3. The Hall–Kier alpha value is -3.87. The van der Waals surface area contributed by atoms with E-state index in [2.05, 4.69) is 5.32 Å². The topological polar surface area (TPSA) is 78.0 Å². The molecule has 2 heterocycles. The summed E-state index contributed by atoms with van der Waals surface area (Å²) in [5, 5.41) is 3.24. The number of hydrogen-bond acceptors (Lipinski definition) is 3. The first-order chi connectivity index (χ1) is 13.9. The minimum absolute atomic E-state index is 0.167. The lowest BCUT2D eigenvalue weighted by molar-refractivity contribution is -0.114. The number of carbonyl (C=O) groups excluding carboxylic acids is 1. The van der Waals surface area contributed by atoms with Crippen molar-refractivity contribution in [1.29, 1.82) is 0 Å². The Kier molecular flexibility index (Phi) is 4.43. The van der Waals surface area contributed by atoms with Gasteiger partial charge >= 0.3 is 5.69 Å². The molecule has 0 aliphatic rings. The first kappa shape index (κ1) is 18.5. The van der Waals surface area contributed by atoms with Gasteiger partial charge in [-0.3, -0.25) is 18.7 Å². The second-order valence-corrected chi connectivity index (χ2v) is 6.91. The van der Waals surface area contributed by atoms with Gasteiger partial charge in [0.25, 0.3) is 5.56 Å². The van der Waals surface area contributed by atoms with Gasteiger partial charge in [0.05, 0.1) is 16.6 Å². The van der Waals surface area contributed by atoms with Gasteiger partial charge in [-0.15, -0.1) is 0 Å². The molecule has 0 bridgehead atoms. The van der Waals surface area contributed by atoms with E-state index < -0.39 is 0 Å². The van der Waals surface area contributed by atoms with E-state index in [-0.39, 0.29) is 17.2 Å². The largest absolute Gasteiger partial charge is 0.330 e. The van der Waals surface area contributed by atoms with Gasteiger partial charge in [-0.2, -0.15) is 0 Å². The maximum Gasteiger partial charge on any atom is 0.330 e. The number of rotatable bonds is 3. The van der Waals surface area contributed by atoms with Crippen LogP contribution in [-0.2, 0) is 18.9 Å². The summed E-state index contributed by atoms with van der Waals surface area (Å²) in [7, 11) is 3.13. The predicted octanol–water partition coefficient (Wildman–Crippen LogP) is 2.65. The molecule has 1 N–H and O–H groups in total. The Labute approximate surface area is 166 Å². The number of carbonyl (C=O) groups is 1. The summed E-state index contributed by atoms with van der Waals surface area (Å²) < 4.78 is 4.47. The Morgan fingerprint density at radius 3 is 2.34 bits per heavy atom. The zero-order chi connectivity index (χ0) is 20.7. The molecular formula is C22H20N4O3. The molecule has 0 saturated heterocycles. The monoisotopic (exact) mass is 388 g/mol. The van der Waals surface area contributed by atoms with Crippen LogP contribution < -0.4 is 16.6 Å². The molecule has 0 unspecified atom stereocenters. The van der Waals surface area contributed by atoms with Gasteiger partial charge in [0, 0.05) is 38.6 Å². The van der Waals surface area contributed by atoms with Crippen LogP contribution >= 0.6 is 0 Å². The van der Waals surface area contributed by atoms with Crippen molar-refractivity contribution in [3.05, 3.63) is 81.6 Å². The van der Waals surface area contributed by atoms with Gasteiger partial charge < -0.3 is 9.88 Å². The lowest BCUT2D eigenvalue weighted by atomic mass is 10.1. The quantitative estimate of drug-likeness (QED) is 0.586. The fourth-order valence-corrected chi connectivity index (χ4v) is 3.56. The summed E-state index contributed by atoms with van der Waals surface area (Å²) in [5.41, 5.74) is 2.76. The van der Waals surface area contributed by atoms with Crippen molar-refractivity contribution in [2.75, 3.05) is 5.32 Å². The minimum Gasteiger partial charge on any atom is -0.326 e. The van der Waals surface area contributed by atoms with Crippen molar-refractivity contribution in [3.8, 4) is 16.9 Å². The molecule has 0 spiro atoms. The highest BCUT2D eigenvalue weighted by Crippen LogP contribution is 2.31. The summed E-state index contributed by atoms with van der Waals surface area (Å²) in [6.45, 7) is 1.45. The van der Waals surface area contributed by atoms with E-state index in [9.17, 15) is 14.4 Å². The number of amides is 1. The van der Waals surface area contributed by atoms with E-state index >= 15 is 0 Å². The Balaban J connectivity index is 2.11. The number of aromatic nitrogens is 3. The van der Waals surface area contributed by atoms with E-state index in [4.69, 9.17) is 0 Å². The van der Waals surface area contributed by atoms with Crippen LogP contribution in [0.15, 0.2) is 70.4 Å². The molecule has 1 amide bonds. The van der Waals surface area contributed by atoms with E-state index in [1.165, 1.54) is 18.5 Å². The molecule has 146 valence electrons. The van der Waals surface area contributed by atoms with Crippen LogP contribution in [0.3, 0.4) is 0 Å². The van der Waals surface area contributed by atoms with Crippen LogP contribution in [0, 0.1) is 0 Å². The van der Waals surface area contributed by atoms with Gasteiger partial charge in [-0.25, -0.2) is 4.79 Å². The normalized spacial score (nSPS) is 11.0. The molecule has 4 aromatic rings. The molecule has 0 aliphatic heterocycles. The Morgan fingerprint density at radius 2 is 1.66 bits per heavy atom. The number of anilines is 1. The second kappa shape index (κ2) is 6.94. The second-order valence-electron chi connectivity index (χ2n) is 6.91. The van der Waals surface area contributed by atoms with E-state index in [0.29, 0.717) is 22.3 Å². The van der Waals surface area contributed by atoms with Crippen LogP contribution in [0.1, 0.15) is 6.92 Å². The molecule has 0 radical (unpaired) electrons. The lowest BCUT2D eigenvalue weighted by Crippen LogP contribution is -2.36. The van der Waals surface area contributed by atoms with Gasteiger partial charge in [-0.05, 0) is 23.8 Å². The number of aryl methyl sites for hydroxylation is 1. The maximum absolute atomic E-state index is 13.0. The van der Waals surface area contributed by atoms with Gasteiger partial charge in [0.15, 0.2) is 0 Å². The molecular weight excluding hydrogens is 368 g/mol. The van der Waals surface area contributed by atoms with Crippen LogP contribution in [-0.4, -0.2) is 19.6 Å². The fraction of sp³-hybridized carbons (Fsp3) is 0.136. The van der Waals surface area contributed by atoms with Crippen molar-refractivity contribution >= 4 is 22.5 Å². The van der Waals surface area contributed by atoms with Crippen LogP contribution in [0.25, 0.3) is 27.8 Å². The van der Waals surface area contributed by atoms with E-state index in [0.717, 1.165) is 15.8 Å². The molecule has 29 heavy (non-hydrogen) atoms. The number of hydrogen-bond donors (Lipinski definition) is 1. The lowest BCUT2D eigenvalue weighted by Gasteiger charge is -2.12. The summed E-state index contributed by atoms with van der Waals surface area (Å²) >= 11 is 0. The Bertz CT molecular complexity index is 1360. The van der Waals surface area contributed by atoms with Gasteiger partial charge in [0.1, 0.15) is 0 Å². The Morgan fingerprint density at radius 1 is 0.931 bits per heavy atom. The van der Waals surface area contributed by atoms with Crippen LogP contribution in [0.5, 0.6) is 0 Å². The number of nitrogens with zero attached hydrogens (tertiary/aromatic N) is 3. The summed E-state index contributed by atoms with van der Waals surface area (Å²) in [5.74, 6) is -0.167. The molecule has 7 nitrogen and oxygen atoms in total. The number of fused-ring (bicyclic) bond motifs is 1. The molecule has 0 aliphatic carbocycles. The van der Waals surface area contributed by atoms with Gasteiger partial charge in [-0.1, -0.05) is 36.4 Å². The third kappa shape index (κ3) is 3.06. The third-order valence-corrected chi connectivity index (χ3v) is 4.93. The average molecular weight is 388 g/mol. The highest BCUT2D eigenvalue weighted by Gasteiger charge is 2.20. The molecule has 7 heteroatoms. The average Bonchev–Trinajstić information content (AvgIpc) is 3.12. The molecule has 4 rings (SSSR count). The first-order valence-corrected chi connectivity index (χ1v) is 9.13. The van der Waals surface area contributed by atoms with Crippen molar-refractivity contribution in [2.45, 2.75) is 6.92 Å². The van der Waals surface area contributed by atoms with Crippen LogP contribution in [0.2, 0.25) is 0 Å². The first-order valence-electron chi connectivity index (χ1n) is 9.13. The number of nitrogens with one attached hydrogen (secondary N) is 1. The molecule has 0 atom stereocenters.